The Labute approximate surface area is 150 Å². The van der Waals surface area contributed by atoms with E-state index in [1.807, 2.05) is 0 Å². The van der Waals surface area contributed by atoms with E-state index in [-0.39, 0.29) is 11.5 Å². The Morgan fingerprint density at radius 3 is 1.92 bits per heavy atom. The zero-order chi connectivity index (χ0) is 17.5. The maximum atomic E-state index is 6.72. The Morgan fingerprint density at radius 1 is 0.880 bits per heavy atom. The molecule has 2 heteroatoms. The van der Waals surface area contributed by atoms with Gasteiger partial charge >= 0.3 is 0 Å². The molecule has 2 aliphatic rings. The highest BCUT2D eigenvalue weighted by atomic mass is 16.5. The maximum Gasteiger partial charge on any atom is 0.171 e. The van der Waals surface area contributed by atoms with Gasteiger partial charge in [-0.25, -0.2) is 0 Å². The summed E-state index contributed by atoms with van der Waals surface area (Å²) in [6.07, 6.45) is 4.58. The van der Waals surface area contributed by atoms with Gasteiger partial charge in [-0.2, -0.15) is 0 Å². The van der Waals surface area contributed by atoms with E-state index in [1.54, 1.807) is 0 Å². The van der Waals surface area contributed by atoms with Crippen molar-refractivity contribution in [2.45, 2.75) is 51.2 Å². The molecule has 0 bridgehead atoms. The molecule has 1 atom stereocenters. The number of nitrogens with two attached hydrogens (primary N) is 1. The third-order valence-corrected chi connectivity index (χ3v) is 6.01. The predicted molar refractivity (Wildman–Crippen MR) is 102 cm³/mol. The highest BCUT2D eigenvalue weighted by Gasteiger charge is 2.63. The second-order valence-corrected chi connectivity index (χ2v) is 7.85. The average molecular weight is 333 g/mol. The summed E-state index contributed by atoms with van der Waals surface area (Å²) >= 11 is 0. The van der Waals surface area contributed by atoms with Crippen LogP contribution in [0.4, 0.5) is 0 Å². The Hall–Kier alpha value is -2.06. The van der Waals surface area contributed by atoms with Gasteiger partial charge < -0.3 is 10.5 Å². The zero-order valence-corrected chi connectivity index (χ0v) is 15.2. The molecule has 2 nitrogen and oxygen atoms in total. The van der Waals surface area contributed by atoms with Gasteiger partial charge in [-0.3, -0.25) is 0 Å². The van der Waals surface area contributed by atoms with Crippen LogP contribution >= 0.6 is 0 Å². The van der Waals surface area contributed by atoms with Crippen LogP contribution in [-0.2, 0) is 10.3 Å². The van der Waals surface area contributed by atoms with E-state index in [2.05, 4.69) is 74.5 Å². The van der Waals surface area contributed by atoms with Crippen molar-refractivity contribution in [1.29, 1.82) is 0 Å². The van der Waals surface area contributed by atoms with Crippen molar-refractivity contribution in [2.75, 3.05) is 0 Å². The molecule has 2 fully saturated rings. The minimum absolute atomic E-state index is 0.125. The smallest absolute Gasteiger partial charge is 0.171 e. The van der Waals surface area contributed by atoms with Crippen molar-refractivity contribution >= 4 is 0 Å². The molecule has 2 N–H and O–H groups in total. The third kappa shape index (κ3) is 2.35. The second kappa shape index (κ2) is 6.03. The molecule has 25 heavy (non-hydrogen) atoms. The van der Waals surface area contributed by atoms with Crippen molar-refractivity contribution in [2.24, 2.45) is 11.1 Å². The molecule has 1 saturated heterocycles. The van der Waals surface area contributed by atoms with Crippen LogP contribution in [-0.4, -0.2) is 6.04 Å². The first-order valence-corrected chi connectivity index (χ1v) is 9.36. The SMILES string of the molecule is CC1(C)C(=C2CCCCC2N)OC1(c1ccccc1)c1ccccc1. The predicted octanol–water partition coefficient (Wildman–Crippen LogP) is 5.14. The van der Waals surface area contributed by atoms with Gasteiger partial charge in [0, 0.05) is 17.2 Å². The van der Waals surface area contributed by atoms with E-state index in [9.17, 15) is 0 Å². The first kappa shape index (κ1) is 16.4. The Bertz CT molecular complexity index is 737. The van der Waals surface area contributed by atoms with Gasteiger partial charge in [-0.05, 0) is 38.7 Å². The molecule has 130 valence electrons. The highest BCUT2D eigenvalue weighted by Crippen LogP contribution is 2.63. The normalized spacial score (nSPS) is 27.2. The fourth-order valence-electron chi connectivity index (χ4n) is 4.66. The molecule has 2 aromatic carbocycles. The topological polar surface area (TPSA) is 35.2 Å². The lowest BCUT2D eigenvalue weighted by Gasteiger charge is -2.59. The summed E-state index contributed by atoms with van der Waals surface area (Å²) < 4.78 is 6.72. The number of ether oxygens (including phenoxy) is 1. The van der Waals surface area contributed by atoms with Crippen LogP contribution in [0.5, 0.6) is 0 Å². The summed E-state index contributed by atoms with van der Waals surface area (Å²) in [4.78, 5) is 0. The minimum Gasteiger partial charge on any atom is -0.480 e. The van der Waals surface area contributed by atoms with Crippen molar-refractivity contribution in [3.8, 4) is 0 Å². The molecule has 0 amide bonds. The molecule has 1 aliphatic carbocycles. The molecule has 1 aliphatic heterocycles. The summed E-state index contributed by atoms with van der Waals surface area (Å²) in [5.41, 5.74) is 9.61. The van der Waals surface area contributed by atoms with Crippen LogP contribution in [0.3, 0.4) is 0 Å². The Kier molecular flexibility index (Phi) is 3.96. The van der Waals surface area contributed by atoms with Crippen LogP contribution in [0.25, 0.3) is 0 Å². The lowest BCUT2D eigenvalue weighted by atomic mass is 9.59. The Morgan fingerprint density at radius 2 is 1.44 bits per heavy atom. The van der Waals surface area contributed by atoms with Gasteiger partial charge in [0.05, 0.1) is 5.41 Å². The van der Waals surface area contributed by atoms with E-state index in [4.69, 9.17) is 10.5 Å². The fraction of sp³-hybridized carbons (Fsp3) is 0.391. The molecular weight excluding hydrogens is 306 g/mol. The van der Waals surface area contributed by atoms with Crippen molar-refractivity contribution in [3.05, 3.63) is 83.1 Å². The molecular formula is C23H27NO. The summed E-state index contributed by atoms with van der Waals surface area (Å²) in [6, 6.07) is 21.4. The van der Waals surface area contributed by atoms with Crippen LogP contribution in [0, 0.1) is 5.41 Å². The highest BCUT2D eigenvalue weighted by molar-refractivity contribution is 5.48. The quantitative estimate of drug-likeness (QED) is 0.825. The number of hydrogen-bond acceptors (Lipinski definition) is 2. The van der Waals surface area contributed by atoms with Crippen LogP contribution in [0.15, 0.2) is 72.0 Å². The third-order valence-electron chi connectivity index (χ3n) is 6.01. The number of rotatable bonds is 2. The molecule has 4 rings (SSSR count). The van der Waals surface area contributed by atoms with Crippen LogP contribution in [0.1, 0.15) is 50.7 Å². The Balaban J connectivity index is 1.86. The summed E-state index contributed by atoms with van der Waals surface area (Å²) in [5, 5.41) is 0. The van der Waals surface area contributed by atoms with Crippen molar-refractivity contribution in [3.63, 3.8) is 0 Å². The van der Waals surface area contributed by atoms with Crippen LogP contribution < -0.4 is 5.73 Å². The molecule has 0 aromatic heterocycles. The number of benzene rings is 2. The first-order valence-electron chi connectivity index (χ1n) is 9.36. The standard InChI is InChI=1S/C23H27NO/c1-22(2)21(19-15-9-10-16-20(19)24)25-23(22,17-11-5-3-6-12-17)18-13-7-4-8-14-18/h3-8,11-14,20H,9-10,15-16,24H2,1-2H3. The molecule has 2 aromatic rings. The van der Waals surface area contributed by atoms with E-state index in [0.29, 0.717) is 0 Å². The van der Waals surface area contributed by atoms with E-state index < -0.39 is 5.60 Å². The lowest BCUT2D eigenvalue weighted by molar-refractivity contribution is -0.175. The largest absolute Gasteiger partial charge is 0.480 e. The van der Waals surface area contributed by atoms with Gasteiger partial charge in [0.1, 0.15) is 5.76 Å². The van der Waals surface area contributed by atoms with Gasteiger partial charge in [0.25, 0.3) is 0 Å². The molecule has 1 saturated carbocycles. The lowest BCUT2D eigenvalue weighted by Crippen LogP contribution is -2.57. The average Bonchev–Trinajstić information content (AvgIpc) is 2.64. The summed E-state index contributed by atoms with van der Waals surface area (Å²) in [7, 11) is 0. The molecule has 1 heterocycles. The number of hydrogen-bond donors (Lipinski definition) is 1. The fourth-order valence-corrected chi connectivity index (χ4v) is 4.66. The zero-order valence-electron chi connectivity index (χ0n) is 15.2. The van der Waals surface area contributed by atoms with E-state index >= 15 is 0 Å². The van der Waals surface area contributed by atoms with Gasteiger partial charge in [-0.15, -0.1) is 0 Å². The van der Waals surface area contributed by atoms with Crippen molar-refractivity contribution < 1.29 is 4.74 Å². The van der Waals surface area contributed by atoms with Gasteiger partial charge in [0.15, 0.2) is 5.60 Å². The van der Waals surface area contributed by atoms with Crippen molar-refractivity contribution in [1.82, 2.24) is 0 Å². The molecule has 0 spiro atoms. The van der Waals surface area contributed by atoms with E-state index in [1.165, 1.54) is 29.5 Å². The van der Waals surface area contributed by atoms with E-state index in [0.717, 1.165) is 18.6 Å². The van der Waals surface area contributed by atoms with Gasteiger partial charge in [-0.1, -0.05) is 67.1 Å². The molecule has 1 unspecified atom stereocenters. The maximum absolute atomic E-state index is 6.72. The summed E-state index contributed by atoms with van der Waals surface area (Å²) in [6.45, 7) is 4.61. The molecule has 0 radical (unpaired) electrons. The minimum atomic E-state index is -0.449. The van der Waals surface area contributed by atoms with Crippen LogP contribution in [0.2, 0.25) is 0 Å². The monoisotopic (exact) mass is 333 g/mol. The first-order chi connectivity index (χ1) is 12.1. The second-order valence-electron chi connectivity index (χ2n) is 7.85. The van der Waals surface area contributed by atoms with Gasteiger partial charge in [0.2, 0.25) is 0 Å². The summed E-state index contributed by atoms with van der Waals surface area (Å²) in [5.74, 6) is 1.12.